The van der Waals surface area contributed by atoms with Gasteiger partial charge in [-0.2, -0.15) is 0 Å². The van der Waals surface area contributed by atoms with Gasteiger partial charge in [0.15, 0.2) is 0 Å². The van der Waals surface area contributed by atoms with Gasteiger partial charge in [0, 0.05) is 26.1 Å². The number of carbonyl (C=O) groups is 2. The molecule has 2 aliphatic heterocycles. The second kappa shape index (κ2) is 7.44. The molecule has 0 unspecified atom stereocenters. The lowest BCUT2D eigenvalue weighted by Crippen LogP contribution is -2.52. The number of hydrogen-bond donors (Lipinski definition) is 0. The Bertz CT molecular complexity index is 631. The topological polar surface area (TPSA) is 59.1 Å². The molecule has 2 amide bonds. The number of methoxy groups -OCH3 is 1. The highest BCUT2D eigenvalue weighted by atomic mass is 16.5. The molecular formula is C19H26N2O4. The van der Waals surface area contributed by atoms with E-state index in [2.05, 4.69) is 0 Å². The van der Waals surface area contributed by atoms with Crippen molar-refractivity contribution in [2.75, 3.05) is 26.8 Å². The van der Waals surface area contributed by atoms with Crippen molar-refractivity contribution in [3.05, 3.63) is 29.8 Å². The number of hydrogen-bond acceptors (Lipinski definition) is 4. The number of likely N-dealkylation sites (tertiary alicyclic amines) is 1. The SMILES string of the molecule is COc1ccc(CN2C[C@H](C(=O)N3C[C@H](C)OC[C@@H]3C)CC2=O)cc1. The highest BCUT2D eigenvalue weighted by Gasteiger charge is 2.39. The average molecular weight is 346 g/mol. The van der Waals surface area contributed by atoms with E-state index in [1.807, 2.05) is 43.0 Å². The summed E-state index contributed by atoms with van der Waals surface area (Å²) in [6, 6.07) is 7.74. The van der Waals surface area contributed by atoms with Gasteiger partial charge in [0.05, 0.1) is 31.8 Å². The lowest BCUT2D eigenvalue weighted by molar-refractivity contribution is -0.147. The van der Waals surface area contributed by atoms with Crippen LogP contribution in [0.5, 0.6) is 5.75 Å². The fourth-order valence-corrected chi connectivity index (χ4v) is 3.49. The predicted molar refractivity (Wildman–Crippen MR) is 93.1 cm³/mol. The van der Waals surface area contributed by atoms with E-state index in [1.165, 1.54) is 0 Å². The van der Waals surface area contributed by atoms with Crippen molar-refractivity contribution in [1.29, 1.82) is 0 Å². The van der Waals surface area contributed by atoms with Gasteiger partial charge in [-0.3, -0.25) is 9.59 Å². The Hall–Kier alpha value is -2.08. The summed E-state index contributed by atoms with van der Waals surface area (Å²) < 4.78 is 10.7. The van der Waals surface area contributed by atoms with Crippen LogP contribution in [0.1, 0.15) is 25.8 Å². The molecule has 2 saturated heterocycles. The fraction of sp³-hybridized carbons (Fsp3) is 0.579. The van der Waals surface area contributed by atoms with E-state index >= 15 is 0 Å². The van der Waals surface area contributed by atoms with Crippen LogP contribution in [0.25, 0.3) is 0 Å². The molecule has 0 aromatic heterocycles. The van der Waals surface area contributed by atoms with Crippen LogP contribution in [0.4, 0.5) is 0 Å². The van der Waals surface area contributed by atoms with E-state index < -0.39 is 0 Å². The zero-order chi connectivity index (χ0) is 18.0. The molecule has 2 fully saturated rings. The van der Waals surface area contributed by atoms with Crippen LogP contribution in [0.15, 0.2) is 24.3 Å². The zero-order valence-corrected chi connectivity index (χ0v) is 15.1. The highest BCUT2D eigenvalue weighted by Crippen LogP contribution is 2.25. The number of morpholine rings is 1. The largest absolute Gasteiger partial charge is 0.497 e. The minimum atomic E-state index is -0.251. The highest BCUT2D eigenvalue weighted by molar-refractivity contribution is 5.89. The van der Waals surface area contributed by atoms with Crippen LogP contribution in [-0.2, 0) is 20.9 Å². The van der Waals surface area contributed by atoms with Crippen molar-refractivity contribution in [2.24, 2.45) is 5.92 Å². The molecule has 136 valence electrons. The Morgan fingerprint density at radius 1 is 1.24 bits per heavy atom. The van der Waals surface area contributed by atoms with Gasteiger partial charge in [-0.05, 0) is 31.5 Å². The first kappa shape index (κ1) is 17.7. The van der Waals surface area contributed by atoms with Gasteiger partial charge in [-0.25, -0.2) is 0 Å². The maximum Gasteiger partial charge on any atom is 0.228 e. The van der Waals surface area contributed by atoms with Crippen molar-refractivity contribution < 1.29 is 19.1 Å². The number of nitrogens with zero attached hydrogens (tertiary/aromatic N) is 2. The van der Waals surface area contributed by atoms with E-state index in [1.54, 1.807) is 12.0 Å². The van der Waals surface area contributed by atoms with Crippen molar-refractivity contribution >= 4 is 11.8 Å². The van der Waals surface area contributed by atoms with E-state index in [4.69, 9.17) is 9.47 Å². The Kier molecular flexibility index (Phi) is 5.27. The first-order valence-corrected chi connectivity index (χ1v) is 8.80. The Morgan fingerprint density at radius 3 is 2.64 bits per heavy atom. The summed E-state index contributed by atoms with van der Waals surface area (Å²) in [5.74, 6) is 0.662. The second-order valence-electron chi connectivity index (χ2n) is 7.01. The first-order chi connectivity index (χ1) is 12.0. The summed E-state index contributed by atoms with van der Waals surface area (Å²) in [5, 5.41) is 0. The van der Waals surface area contributed by atoms with Gasteiger partial charge in [0.1, 0.15) is 5.75 Å². The Balaban J connectivity index is 1.62. The lowest BCUT2D eigenvalue weighted by atomic mass is 10.0. The first-order valence-electron chi connectivity index (χ1n) is 8.80. The molecular weight excluding hydrogens is 320 g/mol. The van der Waals surface area contributed by atoms with Crippen LogP contribution in [0.3, 0.4) is 0 Å². The van der Waals surface area contributed by atoms with E-state index in [0.29, 0.717) is 32.7 Å². The van der Waals surface area contributed by atoms with E-state index in [0.717, 1.165) is 11.3 Å². The molecule has 3 rings (SSSR count). The minimum Gasteiger partial charge on any atom is -0.497 e. The molecule has 0 saturated carbocycles. The number of carbonyl (C=O) groups excluding carboxylic acids is 2. The molecule has 2 heterocycles. The van der Waals surface area contributed by atoms with Crippen molar-refractivity contribution in [1.82, 2.24) is 9.80 Å². The van der Waals surface area contributed by atoms with E-state index in [-0.39, 0.29) is 29.9 Å². The fourth-order valence-electron chi connectivity index (χ4n) is 3.49. The molecule has 25 heavy (non-hydrogen) atoms. The monoisotopic (exact) mass is 346 g/mol. The standard InChI is InChI=1S/C19H26N2O4/c1-13-12-25-14(2)9-21(13)19(23)16-8-18(22)20(11-16)10-15-4-6-17(24-3)7-5-15/h4-7,13-14,16H,8-12H2,1-3H3/t13-,14-,16+/m0/s1. The van der Waals surface area contributed by atoms with Gasteiger partial charge >= 0.3 is 0 Å². The van der Waals surface area contributed by atoms with Gasteiger partial charge < -0.3 is 19.3 Å². The summed E-state index contributed by atoms with van der Waals surface area (Å²) in [5.41, 5.74) is 1.04. The van der Waals surface area contributed by atoms with Gasteiger partial charge in [-0.1, -0.05) is 12.1 Å². The van der Waals surface area contributed by atoms with Crippen molar-refractivity contribution in [2.45, 2.75) is 39.0 Å². The summed E-state index contributed by atoms with van der Waals surface area (Å²) in [6.07, 6.45) is 0.348. The third kappa shape index (κ3) is 3.95. The molecule has 2 aliphatic rings. The number of benzene rings is 1. The van der Waals surface area contributed by atoms with Gasteiger partial charge in [0.25, 0.3) is 0 Å². The van der Waals surface area contributed by atoms with Crippen LogP contribution >= 0.6 is 0 Å². The number of amides is 2. The van der Waals surface area contributed by atoms with Crippen molar-refractivity contribution in [3.63, 3.8) is 0 Å². The molecule has 0 bridgehead atoms. The van der Waals surface area contributed by atoms with Crippen molar-refractivity contribution in [3.8, 4) is 5.75 Å². The third-order valence-corrected chi connectivity index (χ3v) is 4.99. The zero-order valence-electron chi connectivity index (χ0n) is 15.1. The smallest absolute Gasteiger partial charge is 0.228 e. The number of rotatable bonds is 4. The molecule has 6 nitrogen and oxygen atoms in total. The normalized spacial score (nSPS) is 26.8. The molecule has 0 aliphatic carbocycles. The van der Waals surface area contributed by atoms with Crippen LogP contribution < -0.4 is 4.74 Å². The van der Waals surface area contributed by atoms with Gasteiger partial charge in [-0.15, -0.1) is 0 Å². The van der Waals surface area contributed by atoms with E-state index in [9.17, 15) is 9.59 Å². The van der Waals surface area contributed by atoms with Crippen LogP contribution in [-0.4, -0.2) is 60.6 Å². The number of ether oxygens (including phenoxy) is 2. The maximum atomic E-state index is 12.9. The third-order valence-electron chi connectivity index (χ3n) is 4.99. The average Bonchev–Trinajstić information content (AvgIpc) is 2.98. The Morgan fingerprint density at radius 2 is 1.96 bits per heavy atom. The maximum absolute atomic E-state index is 12.9. The summed E-state index contributed by atoms with van der Waals surface area (Å²) in [7, 11) is 1.63. The van der Waals surface area contributed by atoms with Gasteiger partial charge in [0.2, 0.25) is 11.8 Å². The molecule has 0 radical (unpaired) electrons. The molecule has 0 N–H and O–H groups in total. The molecule has 1 aromatic rings. The van der Waals surface area contributed by atoms with Crippen LogP contribution in [0, 0.1) is 5.92 Å². The Labute approximate surface area is 148 Å². The molecule has 1 aromatic carbocycles. The summed E-state index contributed by atoms with van der Waals surface area (Å²) in [6.45, 7) is 6.15. The molecule has 0 spiro atoms. The summed E-state index contributed by atoms with van der Waals surface area (Å²) >= 11 is 0. The molecule has 3 atom stereocenters. The summed E-state index contributed by atoms with van der Waals surface area (Å²) in [4.78, 5) is 28.9. The minimum absolute atomic E-state index is 0.0446. The van der Waals surface area contributed by atoms with Crippen LogP contribution in [0.2, 0.25) is 0 Å². The quantitative estimate of drug-likeness (QED) is 0.832. The second-order valence-corrected chi connectivity index (χ2v) is 7.01. The molecule has 6 heteroatoms. The lowest BCUT2D eigenvalue weighted by Gasteiger charge is -2.38. The predicted octanol–water partition coefficient (Wildman–Crippen LogP) is 1.68.